The molecule has 134 valence electrons. The summed E-state index contributed by atoms with van der Waals surface area (Å²) < 4.78 is 14.0. The van der Waals surface area contributed by atoms with E-state index in [9.17, 15) is 9.18 Å². The highest BCUT2D eigenvalue weighted by Gasteiger charge is 2.18. The van der Waals surface area contributed by atoms with Crippen LogP contribution in [0.15, 0.2) is 53.0 Å². The molecule has 0 aliphatic carbocycles. The molecule has 2 aromatic carbocycles. The van der Waals surface area contributed by atoms with E-state index in [0.717, 1.165) is 15.7 Å². The second-order valence-electron chi connectivity index (χ2n) is 5.82. The molecule has 26 heavy (non-hydrogen) atoms. The van der Waals surface area contributed by atoms with Gasteiger partial charge in [-0.15, -0.1) is 0 Å². The Morgan fingerprint density at radius 3 is 2.65 bits per heavy atom. The molecule has 0 spiro atoms. The lowest BCUT2D eigenvalue weighted by Crippen LogP contribution is -2.26. The van der Waals surface area contributed by atoms with Gasteiger partial charge in [0, 0.05) is 10.2 Å². The third-order valence-corrected chi connectivity index (χ3v) is 5.36. The second-order valence-corrected chi connectivity index (χ2v) is 7.73. The van der Waals surface area contributed by atoms with E-state index in [2.05, 4.69) is 31.5 Å². The Kier molecular flexibility index (Phi) is 5.68. The number of rotatable bonds is 5. The summed E-state index contributed by atoms with van der Waals surface area (Å²) >= 11 is 4.71. The predicted octanol–water partition coefficient (Wildman–Crippen LogP) is 5.59. The molecule has 1 amide bonds. The summed E-state index contributed by atoms with van der Waals surface area (Å²) in [6.45, 7) is 3.73. The molecule has 3 rings (SSSR count). The summed E-state index contributed by atoms with van der Waals surface area (Å²) in [5.74, 6) is -0.466. The summed E-state index contributed by atoms with van der Waals surface area (Å²) in [6, 6.07) is 13.7. The Labute approximate surface area is 163 Å². The van der Waals surface area contributed by atoms with Crippen LogP contribution in [0.25, 0.3) is 0 Å². The van der Waals surface area contributed by atoms with Crippen LogP contribution < -0.4 is 10.6 Å². The minimum atomic E-state index is -0.299. The smallest absolute Gasteiger partial charge is 0.263 e. The van der Waals surface area contributed by atoms with Gasteiger partial charge < -0.3 is 10.6 Å². The quantitative estimate of drug-likeness (QED) is 0.551. The molecule has 0 saturated carbocycles. The average Bonchev–Trinajstić information content (AvgIpc) is 2.97. The first kappa shape index (κ1) is 18.5. The van der Waals surface area contributed by atoms with Crippen molar-refractivity contribution in [2.45, 2.75) is 19.9 Å². The Hall–Kier alpha value is -2.25. The molecule has 7 heteroatoms. The molecule has 0 bridgehead atoms. The van der Waals surface area contributed by atoms with Gasteiger partial charge >= 0.3 is 0 Å². The Bertz CT molecular complexity index is 927. The van der Waals surface area contributed by atoms with Gasteiger partial charge in [-0.3, -0.25) is 4.79 Å². The van der Waals surface area contributed by atoms with Crippen molar-refractivity contribution in [3.63, 3.8) is 0 Å². The molecule has 0 aliphatic heterocycles. The van der Waals surface area contributed by atoms with Crippen LogP contribution in [0.1, 0.15) is 33.9 Å². The molecule has 1 aromatic heterocycles. The zero-order chi connectivity index (χ0) is 18.7. The molecule has 0 unspecified atom stereocenters. The van der Waals surface area contributed by atoms with Crippen LogP contribution in [0.2, 0.25) is 0 Å². The van der Waals surface area contributed by atoms with E-state index >= 15 is 0 Å². The lowest BCUT2D eigenvalue weighted by atomic mass is 10.1. The first-order valence-electron chi connectivity index (χ1n) is 7.98. The number of amides is 1. The van der Waals surface area contributed by atoms with E-state index in [0.29, 0.717) is 15.7 Å². The average molecular weight is 434 g/mol. The first-order chi connectivity index (χ1) is 12.4. The van der Waals surface area contributed by atoms with Crippen molar-refractivity contribution in [2.75, 3.05) is 5.32 Å². The second kappa shape index (κ2) is 7.97. The van der Waals surface area contributed by atoms with Crippen LogP contribution in [-0.4, -0.2) is 10.9 Å². The minimum Gasteiger partial charge on any atom is -0.345 e. The van der Waals surface area contributed by atoms with Crippen LogP contribution in [0.4, 0.5) is 15.2 Å². The van der Waals surface area contributed by atoms with Gasteiger partial charge in [0.2, 0.25) is 0 Å². The lowest BCUT2D eigenvalue weighted by Gasteiger charge is -2.14. The third kappa shape index (κ3) is 4.47. The highest BCUT2D eigenvalue weighted by molar-refractivity contribution is 9.10. The van der Waals surface area contributed by atoms with Gasteiger partial charge in [-0.2, -0.15) is 0 Å². The zero-order valence-corrected chi connectivity index (χ0v) is 16.6. The summed E-state index contributed by atoms with van der Waals surface area (Å²) in [7, 11) is 0. The number of aromatic nitrogens is 1. The standard InChI is InChI=1S/C19H17BrFN3OS/c1-11(13-4-3-5-14(20)10-13)22-18(25)17-12(2)23-19(26-17)24-16-8-6-15(21)7-9-16/h3-11H,1-2H3,(H,22,25)(H,23,24)/t11-/m0/s1. The van der Waals surface area contributed by atoms with Crippen molar-refractivity contribution in [1.82, 2.24) is 10.3 Å². The molecule has 2 N–H and O–H groups in total. The van der Waals surface area contributed by atoms with Crippen molar-refractivity contribution < 1.29 is 9.18 Å². The SMILES string of the molecule is Cc1nc(Nc2ccc(F)cc2)sc1C(=O)N[C@@H](C)c1cccc(Br)c1. The molecule has 3 aromatic rings. The van der Waals surface area contributed by atoms with Gasteiger partial charge in [0.25, 0.3) is 5.91 Å². The first-order valence-corrected chi connectivity index (χ1v) is 9.59. The van der Waals surface area contributed by atoms with E-state index in [-0.39, 0.29) is 17.8 Å². The van der Waals surface area contributed by atoms with Gasteiger partial charge in [0.1, 0.15) is 10.7 Å². The zero-order valence-electron chi connectivity index (χ0n) is 14.2. The third-order valence-electron chi connectivity index (χ3n) is 3.79. The molecular formula is C19H17BrFN3OS. The number of carbonyl (C=O) groups is 1. The topological polar surface area (TPSA) is 54.0 Å². The maximum atomic E-state index is 13.0. The van der Waals surface area contributed by atoms with Gasteiger partial charge in [-0.1, -0.05) is 39.4 Å². The van der Waals surface area contributed by atoms with Crippen LogP contribution in [0.5, 0.6) is 0 Å². The molecule has 0 radical (unpaired) electrons. The number of hydrogen-bond donors (Lipinski definition) is 2. The van der Waals surface area contributed by atoms with Crippen LogP contribution in [-0.2, 0) is 0 Å². The number of nitrogens with one attached hydrogen (secondary N) is 2. The van der Waals surface area contributed by atoms with E-state index in [4.69, 9.17) is 0 Å². The fourth-order valence-electron chi connectivity index (χ4n) is 2.44. The normalized spacial score (nSPS) is 11.8. The highest BCUT2D eigenvalue weighted by Crippen LogP contribution is 2.27. The molecule has 0 saturated heterocycles. The van der Waals surface area contributed by atoms with Crippen molar-refractivity contribution in [2.24, 2.45) is 0 Å². The van der Waals surface area contributed by atoms with Crippen molar-refractivity contribution in [3.05, 3.63) is 75.0 Å². The maximum Gasteiger partial charge on any atom is 0.263 e. The molecule has 1 heterocycles. The van der Waals surface area contributed by atoms with Crippen LogP contribution in [0, 0.1) is 12.7 Å². The summed E-state index contributed by atoms with van der Waals surface area (Å²) in [6.07, 6.45) is 0. The highest BCUT2D eigenvalue weighted by atomic mass is 79.9. The minimum absolute atomic E-state index is 0.130. The molecule has 0 aliphatic rings. The maximum absolute atomic E-state index is 13.0. The van der Waals surface area contributed by atoms with Gasteiger partial charge in [-0.25, -0.2) is 9.37 Å². The molecule has 1 atom stereocenters. The Morgan fingerprint density at radius 1 is 1.23 bits per heavy atom. The Morgan fingerprint density at radius 2 is 1.96 bits per heavy atom. The fraction of sp³-hybridized carbons (Fsp3) is 0.158. The van der Waals surface area contributed by atoms with Gasteiger partial charge in [-0.05, 0) is 55.8 Å². The monoisotopic (exact) mass is 433 g/mol. The number of thiazole rings is 1. The number of carbonyl (C=O) groups excluding carboxylic acids is 1. The van der Waals surface area contributed by atoms with Crippen molar-refractivity contribution in [1.29, 1.82) is 0 Å². The van der Waals surface area contributed by atoms with Crippen LogP contribution in [0.3, 0.4) is 0 Å². The number of aryl methyl sites for hydroxylation is 1. The largest absolute Gasteiger partial charge is 0.345 e. The predicted molar refractivity (Wildman–Crippen MR) is 107 cm³/mol. The molecular weight excluding hydrogens is 417 g/mol. The van der Waals surface area contributed by atoms with Crippen molar-refractivity contribution in [3.8, 4) is 0 Å². The summed E-state index contributed by atoms with van der Waals surface area (Å²) in [4.78, 5) is 17.6. The number of anilines is 2. The molecule has 4 nitrogen and oxygen atoms in total. The van der Waals surface area contributed by atoms with Crippen LogP contribution >= 0.6 is 27.3 Å². The Balaban J connectivity index is 1.71. The van der Waals surface area contributed by atoms with Gasteiger partial charge in [0.15, 0.2) is 5.13 Å². The number of benzene rings is 2. The fourth-order valence-corrected chi connectivity index (χ4v) is 3.75. The van der Waals surface area contributed by atoms with E-state index in [1.807, 2.05) is 31.2 Å². The number of halogens is 2. The summed E-state index contributed by atoms with van der Waals surface area (Å²) in [5, 5.41) is 6.68. The number of hydrogen-bond acceptors (Lipinski definition) is 4. The number of nitrogens with zero attached hydrogens (tertiary/aromatic N) is 1. The van der Waals surface area contributed by atoms with E-state index < -0.39 is 0 Å². The van der Waals surface area contributed by atoms with E-state index in [1.54, 1.807) is 19.1 Å². The molecule has 0 fully saturated rings. The lowest BCUT2D eigenvalue weighted by molar-refractivity contribution is 0.0943. The van der Waals surface area contributed by atoms with Crippen molar-refractivity contribution >= 4 is 44.0 Å². The van der Waals surface area contributed by atoms with Gasteiger partial charge in [0.05, 0.1) is 11.7 Å². The summed E-state index contributed by atoms with van der Waals surface area (Å²) in [5.41, 5.74) is 2.38. The van der Waals surface area contributed by atoms with E-state index in [1.165, 1.54) is 23.5 Å².